The summed E-state index contributed by atoms with van der Waals surface area (Å²) < 4.78 is 26.6. The lowest BCUT2D eigenvalue weighted by molar-refractivity contribution is 0.0692. The minimum absolute atomic E-state index is 0.0788. The third-order valence-corrected chi connectivity index (χ3v) is 5.59. The molecular weight excluding hydrogens is 270 g/mol. The average molecular weight is 287 g/mol. The lowest BCUT2D eigenvalue weighted by Gasteiger charge is -2.26. The van der Waals surface area contributed by atoms with E-state index >= 15 is 0 Å². The summed E-state index contributed by atoms with van der Waals surface area (Å²) in [4.78, 5) is 11.0. The second kappa shape index (κ2) is 4.93. The first kappa shape index (κ1) is 14.0. The van der Waals surface area contributed by atoms with Gasteiger partial charge < -0.3 is 5.11 Å². The molecule has 19 heavy (non-hydrogen) atoms. The normalized spacial score (nSPS) is 24.7. The molecule has 1 fully saturated rings. The highest BCUT2D eigenvalue weighted by Gasteiger charge is 2.41. The number of hydrogen-bond acceptors (Lipinski definition) is 4. The molecule has 0 spiro atoms. The van der Waals surface area contributed by atoms with Crippen molar-refractivity contribution in [2.75, 3.05) is 0 Å². The predicted octanol–water partition coefficient (Wildman–Crippen LogP) is 1.06. The largest absolute Gasteiger partial charge is 0.478 e. The molecular formula is C11H17N3O4S. The monoisotopic (exact) mass is 287 g/mol. The zero-order chi connectivity index (χ0) is 14.2. The molecule has 2 unspecified atom stereocenters. The highest BCUT2D eigenvalue weighted by molar-refractivity contribution is 7.89. The molecule has 1 aromatic rings. The van der Waals surface area contributed by atoms with Crippen LogP contribution >= 0.6 is 0 Å². The molecule has 2 heterocycles. The summed E-state index contributed by atoms with van der Waals surface area (Å²) in [6.45, 7) is 3.76. The topological polar surface area (TPSA) is 103 Å². The first-order valence-corrected chi connectivity index (χ1v) is 7.63. The highest BCUT2D eigenvalue weighted by atomic mass is 32.2. The summed E-state index contributed by atoms with van der Waals surface area (Å²) in [6.07, 6.45) is 3.32. The van der Waals surface area contributed by atoms with Crippen molar-refractivity contribution in [2.45, 2.75) is 50.2 Å². The SMILES string of the molecule is CCC1CCC(C)N1S(=O)(=O)c1[nH]ncc1C(=O)O. The average Bonchev–Trinajstić information content (AvgIpc) is 2.94. The third kappa shape index (κ3) is 2.25. The van der Waals surface area contributed by atoms with E-state index < -0.39 is 16.0 Å². The van der Waals surface area contributed by atoms with E-state index in [-0.39, 0.29) is 22.7 Å². The Kier molecular flexibility index (Phi) is 3.64. The summed E-state index contributed by atoms with van der Waals surface area (Å²) >= 11 is 0. The Morgan fingerprint density at radius 3 is 2.84 bits per heavy atom. The summed E-state index contributed by atoms with van der Waals surface area (Å²) in [6, 6.07) is -0.204. The van der Waals surface area contributed by atoms with E-state index in [1.807, 2.05) is 13.8 Å². The molecule has 1 saturated heterocycles. The molecule has 1 aliphatic heterocycles. The summed E-state index contributed by atoms with van der Waals surface area (Å²) in [5, 5.41) is 14.5. The molecule has 0 bridgehead atoms. The van der Waals surface area contributed by atoms with Gasteiger partial charge in [0.15, 0.2) is 5.03 Å². The lowest BCUT2D eigenvalue weighted by Crippen LogP contribution is -2.40. The number of nitrogens with zero attached hydrogens (tertiary/aromatic N) is 2. The Labute approximate surface area is 111 Å². The second-order valence-corrected chi connectivity index (χ2v) is 6.52. The standard InChI is InChI=1S/C11H17N3O4S/c1-3-8-5-4-7(2)14(8)19(17,18)10-9(11(15)16)6-12-13-10/h6-8H,3-5H2,1-2H3,(H,12,13)(H,15,16). The smallest absolute Gasteiger partial charge is 0.340 e. The van der Waals surface area contributed by atoms with Crippen molar-refractivity contribution >= 4 is 16.0 Å². The van der Waals surface area contributed by atoms with E-state index in [4.69, 9.17) is 5.11 Å². The van der Waals surface area contributed by atoms with E-state index in [9.17, 15) is 13.2 Å². The molecule has 8 heteroatoms. The highest BCUT2D eigenvalue weighted by Crippen LogP contribution is 2.32. The van der Waals surface area contributed by atoms with Gasteiger partial charge >= 0.3 is 5.97 Å². The molecule has 0 amide bonds. The van der Waals surface area contributed by atoms with E-state index in [2.05, 4.69) is 10.2 Å². The maximum absolute atomic E-state index is 12.6. The zero-order valence-electron chi connectivity index (χ0n) is 10.8. The number of carboxylic acid groups (broad SMARTS) is 1. The Balaban J connectivity index is 2.47. The van der Waals surface area contributed by atoms with Crippen LogP contribution in [0.15, 0.2) is 11.2 Å². The number of aromatic amines is 1. The molecule has 1 aromatic heterocycles. The van der Waals surface area contributed by atoms with Gasteiger partial charge in [0.25, 0.3) is 10.0 Å². The molecule has 2 N–H and O–H groups in total. The molecule has 7 nitrogen and oxygen atoms in total. The van der Waals surface area contributed by atoms with Crippen molar-refractivity contribution in [3.63, 3.8) is 0 Å². The molecule has 0 saturated carbocycles. The maximum Gasteiger partial charge on any atom is 0.340 e. The van der Waals surface area contributed by atoms with Crippen LogP contribution in [0.25, 0.3) is 0 Å². The fraction of sp³-hybridized carbons (Fsp3) is 0.636. The minimum Gasteiger partial charge on any atom is -0.478 e. The first-order valence-electron chi connectivity index (χ1n) is 6.19. The van der Waals surface area contributed by atoms with Crippen LogP contribution in [0.2, 0.25) is 0 Å². The molecule has 0 aromatic carbocycles. The van der Waals surface area contributed by atoms with Gasteiger partial charge in [0.05, 0.1) is 6.20 Å². The maximum atomic E-state index is 12.6. The van der Waals surface area contributed by atoms with Crippen LogP contribution in [0.4, 0.5) is 0 Å². The van der Waals surface area contributed by atoms with Crippen LogP contribution < -0.4 is 0 Å². The Bertz CT molecular complexity index is 581. The summed E-state index contributed by atoms with van der Waals surface area (Å²) in [5.74, 6) is -1.30. The summed E-state index contributed by atoms with van der Waals surface area (Å²) in [5.41, 5.74) is -0.311. The van der Waals surface area contributed by atoms with Crippen molar-refractivity contribution in [2.24, 2.45) is 0 Å². The molecule has 0 radical (unpaired) electrons. The van der Waals surface area contributed by atoms with Crippen LogP contribution in [0, 0.1) is 0 Å². The van der Waals surface area contributed by atoms with E-state index in [0.717, 1.165) is 19.0 Å². The fourth-order valence-electron chi connectivity index (χ4n) is 2.59. The van der Waals surface area contributed by atoms with Gasteiger partial charge in [-0.1, -0.05) is 6.92 Å². The number of aromatic nitrogens is 2. The van der Waals surface area contributed by atoms with Crippen molar-refractivity contribution in [1.82, 2.24) is 14.5 Å². The Morgan fingerprint density at radius 2 is 2.26 bits per heavy atom. The molecule has 0 aliphatic carbocycles. The molecule has 1 aliphatic rings. The Hall–Kier alpha value is -1.41. The van der Waals surface area contributed by atoms with Gasteiger partial charge in [-0.25, -0.2) is 13.2 Å². The first-order chi connectivity index (χ1) is 8.89. The van der Waals surface area contributed by atoms with Crippen LogP contribution in [0.3, 0.4) is 0 Å². The Morgan fingerprint density at radius 1 is 1.58 bits per heavy atom. The van der Waals surface area contributed by atoms with Gasteiger partial charge in [-0.05, 0) is 26.2 Å². The number of carbonyl (C=O) groups is 1. The quantitative estimate of drug-likeness (QED) is 0.861. The van der Waals surface area contributed by atoms with Gasteiger partial charge in [0, 0.05) is 12.1 Å². The number of rotatable bonds is 4. The van der Waals surface area contributed by atoms with Crippen LogP contribution in [-0.2, 0) is 10.0 Å². The predicted molar refractivity (Wildman–Crippen MR) is 67.3 cm³/mol. The number of sulfonamides is 1. The molecule has 106 valence electrons. The van der Waals surface area contributed by atoms with Crippen molar-refractivity contribution in [3.05, 3.63) is 11.8 Å². The van der Waals surface area contributed by atoms with E-state index in [1.165, 1.54) is 4.31 Å². The van der Waals surface area contributed by atoms with Gasteiger partial charge in [-0.3, -0.25) is 5.10 Å². The number of carboxylic acids is 1. The summed E-state index contributed by atoms with van der Waals surface area (Å²) in [7, 11) is -3.85. The number of aromatic carboxylic acids is 1. The van der Waals surface area contributed by atoms with Crippen LogP contribution in [0.1, 0.15) is 43.5 Å². The number of hydrogen-bond donors (Lipinski definition) is 2. The lowest BCUT2D eigenvalue weighted by atomic mass is 10.2. The number of nitrogens with one attached hydrogen (secondary N) is 1. The fourth-order valence-corrected chi connectivity index (χ4v) is 4.62. The van der Waals surface area contributed by atoms with Crippen molar-refractivity contribution in [3.8, 4) is 0 Å². The van der Waals surface area contributed by atoms with Crippen LogP contribution in [-0.4, -0.2) is 46.1 Å². The third-order valence-electron chi connectivity index (χ3n) is 3.55. The van der Waals surface area contributed by atoms with Gasteiger partial charge in [-0.15, -0.1) is 0 Å². The molecule has 2 rings (SSSR count). The zero-order valence-corrected chi connectivity index (χ0v) is 11.6. The van der Waals surface area contributed by atoms with Gasteiger partial charge in [0.2, 0.25) is 0 Å². The minimum atomic E-state index is -3.85. The molecule has 2 atom stereocenters. The number of H-pyrrole nitrogens is 1. The van der Waals surface area contributed by atoms with E-state index in [0.29, 0.717) is 6.42 Å². The van der Waals surface area contributed by atoms with Crippen molar-refractivity contribution in [1.29, 1.82) is 0 Å². The van der Waals surface area contributed by atoms with Crippen molar-refractivity contribution < 1.29 is 18.3 Å². The van der Waals surface area contributed by atoms with Gasteiger partial charge in [0.1, 0.15) is 5.56 Å². The van der Waals surface area contributed by atoms with E-state index in [1.54, 1.807) is 0 Å². The van der Waals surface area contributed by atoms with Crippen LogP contribution in [0.5, 0.6) is 0 Å². The second-order valence-electron chi connectivity index (χ2n) is 4.74. The van der Waals surface area contributed by atoms with Gasteiger partial charge in [-0.2, -0.15) is 9.40 Å².